The monoisotopic (exact) mass is 313 g/mol. The molecule has 0 radical (unpaired) electrons. The fourth-order valence-corrected chi connectivity index (χ4v) is 2.77. The predicted molar refractivity (Wildman–Crippen MR) is 102 cm³/mol. The molecule has 120 valence electrons. The first kappa shape index (κ1) is 16.2. The molecule has 0 saturated heterocycles. The van der Waals surface area contributed by atoms with E-state index in [0.717, 1.165) is 19.6 Å². The van der Waals surface area contributed by atoms with Crippen LogP contribution >= 0.6 is 0 Å². The molecular weight excluding hydrogens is 290 g/mol. The van der Waals surface area contributed by atoms with Gasteiger partial charge in [-0.15, -0.1) is 0 Å². The maximum Gasteiger partial charge on any atom is 0.0240 e. The molecule has 0 spiro atoms. The van der Waals surface area contributed by atoms with Crippen LogP contribution in [0.5, 0.6) is 0 Å². The number of hydrogen-bond acceptors (Lipinski definition) is 1. The number of rotatable bonds is 7. The van der Waals surface area contributed by atoms with Crippen molar-refractivity contribution in [3.63, 3.8) is 0 Å². The van der Waals surface area contributed by atoms with E-state index in [1.807, 2.05) is 0 Å². The zero-order chi connectivity index (χ0) is 16.5. The fraction of sp³-hybridized carbons (Fsp3) is 0.130. The van der Waals surface area contributed by atoms with E-state index in [4.69, 9.17) is 0 Å². The van der Waals surface area contributed by atoms with Crippen LogP contribution in [0.2, 0.25) is 0 Å². The number of hydrogen-bond donors (Lipinski definition) is 0. The van der Waals surface area contributed by atoms with E-state index < -0.39 is 0 Å². The molecular formula is C23H23N. The highest BCUT2D eigenvalue weighted by atomic mass is 15.1. The van der Waals surface area contributed by atoms with E-state index in [1.54, 1.807) is 0 Å². The van der Waals surface area contributed by atoms with Gasteiger partial charge < -0.3 is 0 Å². The highest BCUT2D eigenvalue weighted by Gasteiger charge is 2.05. The Hall–Kier alpha value is -2.64. The van der Waals surface area contributed by atoms with Gasteiger partial charge in [0, 0.05) is 19.6 Å². The van der Waals surface area contributed by atoms with Crippen LogP contribution in [-0.2, 0) is 13.1 Å². The van der Waals surface area contributed by atoms with Crippen LogP contribution in [0.1, 0.15) is 16.7 Å². The molecule has 0 amide bonds. The molecule has 0 bridgehead atoms. The molecule has 0 saturated carbocycles. The smallest absolute Gasteiger partial charge is 0.0240 e. The van der Waals surface area contributed by atoms with Gasteiger partial charge in [0.1, 0.15) is 0 Å². The van der Waals surface area contributed by atoms with E-state index in [1.165, 1.54) is 16.7 Å². The Morgan fingerprint density at radius 3 is 1.54 bits per heavy atom. The summed E-state index contributed by atoms with van der Waals surface area (Å²) in [6, 6.07) is 31.8. The molecule has 24 heavy (non-hydrogen) atoms. The van der Waals surface area contributed by atoms with Crippen molar-refractivity contribution in [1.29, 1.82) is 0 Å². The lowest BCUT2D eigenvalue weighted by molar-refractivity contribution is 0.286. The second-order valence-corrected chi connectivity index (χ2v) is 5.95. The second-order valence-electron chi connectivity index (χ2n) is 5.95. The Morgan fingerprint density at radius 2 is 1.04 bits per heavy atom. The average molecular weight is 313 g/mol. The Balaban J connectivity index is 1.68. The lowest BCUT2D eigenvalue weighted by Crippen LogP contribution is -2.22. The molecule has 3 rings (SSSR count). The van der Waals surface area contributed by atoms with Crippen LogP contribution in [0.4, 0.5) is 0 Å². The zero-order valence-corrected chi connectivity index (χ0v) is 13.9. The first-order chi connectivity index (χ1) is 11.9. The standard InChI is InChI=1S/C23H23N/c1-4-11-21(12-5-1)17-10-18-24(19-22-13-6-2-7-14-22)20-23-15-8-3-9-16-23/h1-17H,18-20H2. The van der Waals surface area contributed by atoms with Gasteiger partial charge in [0.25, 0.3) is 0 Å². The van der Waals surface area contributed by atoms with Crippen molar-refractivity contribution in [3.05, 3.63) is 114 Å². The molecule has 0 aliphatic heterocycles. The van der Waals surface area contributed by atoms with Gasteiger partial charge >= 0.3 is 0 Å². The number of nitrogens with zero attached hydrogens (tertiary/aromatic N) is 1. The maximum atomic E-state index is 2.46. The summed E-state index contributed by atoms with van der Waals surface area (Å²) in [5.74, 6) is 0. The molecule has 1 nitrogen and oxygen atoms in total. The largest absolute Gasteiger partial charge is 0.291 e. The minimum Gasteiger partial charge on any atom is -0.291 e. The highest BCUT2D eigenvalue weighted by molar-refractivity contribution is 5.48. The molecule has 1 heteroatoms. The summed E-state index contributed by atoms with van der Waals surface area (Å²) in [6.07, 6.45) is 4.45. The van der Waals surface area contributed by atoms with E-state index >= 15 is 0 Å². The van der Waals surface area contributed by atoms with E-state index in [9.17, 15) is 0 Å². The first-order valence-corrected chi connectivity index (χ1v) is 8.42. The summed E-state index contributed by atoms with van der Waals surface area (Å²) in [7, 11) is 0. The second kappa shape index (κ2) is 8.85. The van der Waals surface area contributed by atoms with Gasteiger partial charge in [-0.2, -0.15) is 0 Å². The molecule has 0 atom stereocenters. The molecule has 3 aromatic carbocycles. The van der Waals surface area contributed by atoms with E-state index in [0.29, 0.717) is 0 Å². The summed E-state index contributed by atoms with van der Waals surface area (Å²) >= 11 is 0. The quantitative estimate of drug-likeness (QED) is 0.564. The van der Waals surface area contributed by atoms with Crippen LogP contribution in [0.25, 0.3) is 6.08 Å². The van der Waals surface area contributed by atoms with Crippen molar-refractivity contribution in [2.75, 3.05) is 6.54 Å². The zero-order valence-electron chi connectivity index (χ0n) is 13.9. The molecule has 0 unspecified atom stereocenters. The molecule has 0 aliphatic rings. The third kappa shape index (κ3) is 5.22. The van der Waals surface area contributed by atoms with Gasteiger partial charge in [0.2, 0.25) is 0 Å². The van der Waals surface area contributed by atoms with Crippen molar-refractivity contribution < 1.29 is 0 Å². The maximum absolute atomic E-state index is 2.46. The van der Waals surface area contributed by atoms with Gasteiger partial charge in [-0.05, 0) is 16.7 Å². The number of benzene rings is 3. The third-order valence-corrected chi connectivity index (χ3v) is 3.97. The van der Waals surface area contributed by atoms with Gasteiger partial charge in [0.15, 0.2) is 0 Å². The third-order valence-electron chi connectivity index (χ3n) is 3.97. The van der Waals surface area contributed by atoms with Crippen LogP contribution < -0.4 is 0 Å². The van der Waals surface area contributed by atoms with Crippen molar-refractivity contribution in [3.8, 4) is 0 Å². The van der Waals surface area contributed by atoms with Crippen LogP contribution in [-0.4, -0.2) is 11.4 Å². The Labute approximate surface area is 144 Å². The van der Waals surface area contributed by atoms with Gasteiger partial charge in [-0.25, -0.2) is 0 Å². The Bertz CT molecular complexity index is 691. The molecule has 0 N–H and O–H groups in total. The first-order valence-electron chi connectivity index (χ1n) is 8.42. The summed E-state index contributed by atoms with van der Waals surface area (Å²) < 4.78 is 0. The Kier molecular flexibility index (Phi) is 5.99. The lowest BCUT2D eigenvalue weighted by atomic mass is 10.1. The normalized spacial score (nSPS) is 11.2. The van der Waals surface area contributed by atoms with Crippen LogP contribution in [0.15, 0.2) is 97.1 Å². The molecule has 0 fully saturated rings. The minimum atomic E-state index is 0.929. The lowest BCUT2D eigenvalue weighted by Gasteiger charge is -2.21. The van der Waals surface area contributed by atoms with Crippen molar-refractivity contribution in [2.24, 2.45) is 0 Å². The summed E-state index contributed by atoms with van der Waals surface area (Å²) in [6.45, 7) is 2.84. The topological polar surface area (TPSA) is 3.24 Å². The summed E-state index contributed by atoms with van der Waals surface area (Å²) in [5.41, 5.74) is 3.94. The molecule has 0 aliphatic carbocycles. The van der Waals surface area contributed by atoms with E-state index in [2.05, 4.69) is 108 Å². The SMILES string of the molecule is C(=Cc1ccccc1)CN(Cc1ccccc1)Cc1ccccc1. The fourth-order valence-electron chi connectivity index (χ4n) is 2.77. The molecule has 3 aromatic rings. The Morgan fingerprint density at radius 1 is 0.583 bits per heavy atom. The molecule has 0 heterocycles. The minimum absolute atomic E-state index is 0.929. The van der Waals surface area contributed by atoms with Gasteiger partial charge in [-0.3, -0.25) is 4.90 Å². The van der Waals surface area contributed by atoms with Crippen LogP contribution in [0, 0.1) is 0 Å². The van der Waals surface area contributed by atoms with Gasteiger partial charge in [-0.1, -0.05) is 103 Å². The highest BCUT2D eigenvalue weighted by Crippen LogP contribution is 2.11. The van der Waals surface area contributed by atoms with Crippen molar-refractivity contribution in [2.45, 2.75) is 13.1 Å². The van der Waals surface area contributed by atoms with Gasteiger partial charge in [0.05, 0.1) is 0 Å². The van der Waals surface area contributed by atoms with Crippen LogP contribution in [0.3, 0.4) is 0 Å². The summed E-state index contributed by atoms with van der Waals surface area (Å²) in [5, 5.41) is 0. The van der Waals surface area contributed by atoms with Crippen molar-refractivity contribution >= 4 is 6.08 Å². The summed E-state index contributed by atoms with van der Waals surface area (Å²) in [4.78, 5) is 2.46. The average Bonchev–Trinajstić information content (AvgIpc) is 2.64. The predicted octanol–water partition coefficient (Wildman–Crippen LogP) is 5.40. The van der Waals surface area contributed by atoms with E-state index in [-0.39, 0.29) is 0 Å². The van der Waals surface area contributed by atoms with Crippen molar-refractivity contribution in [1.82, 2.24) is 4.90 Å². The molecule has 0 aromatic heterocycles.